The number of aryl methyl sites for hydroxylation is 1. The Bertz CT molecular complexity index is 1170. The molecule has 0 radical (unpaired) electrons. The number of hydrogen-bond acceptors (Lipinski definition) is 6. The lowest BCUT2D eigenvalue weighted by molar-refractivity contribution is -0.139. The molecule has 3 heterocycles. The fourth-order valence-corrected chi connectivity index (χ4v) is 4.83. The van der Waals surface area contributed by atoms with Gasteiger partial charge in [-0.3, -0.25) is 14.7 Å². The second-order valence-electron chi connectivity index (χ2n) is 8.80. The molecule has 176 valence electrons. The minimum atomic E-state index is -0.727. The zero-order valence-electron chi connectivity index (χ0n) is 19.5. The van der Waals surface area contributed by atoms with E-state index in [9.17, 15) is 9.90 Å². The van der Waals surface area contributed by atoms with Crippen LogP contribution in [0.25, 0.3) is 10.9 Å². The van der Waals surface area contributed by atoms with Crippen molar-refractivity contribution in [1.82, 2.24) is 20.1 Å². The topological polar surface area (TPSA) is 88.4 Å². The number of ether oxygens (including phenoxy) is 1. The first-order chi connectivity index (χ1) is 16.6. The number of pyridine rings is 1. The molecule has 1 aliphatic rings. The van der Waals surface area contributed by atoms with E-state index in [1.54, 1.807) is 13.3 Å². The van der Waals surface area contributed by atoms with Gasteiger partial charge in [0, 0.05) is 30.7 Å². The molecule has 1 saturated heterocycles. The molecule has 2 atom stereocenters. The highest BCUT2D eigenvalue weighted by molar-refractivity contribution is 5.83. The summed E-state index contributed by atoms with van der Waals surface area (Å²) in [6, 6.07) is 11.7. The number of nitrogens with zero attached hydrogens (tertiary/aromatic N) is 4. The van der Waals surface area contributed by atoms with E-state index >= 15 is 0 Å². The number of carboxylic acid groups (broad SMARTS) is 1. The number of hydrogen-bond donors (Lipinski definition) is 1. The first kappa shape index (κ1) is 23.7. The van der Waals surface area contributed by atoms with Crippen LogP contribution in [0.15, 0.2) is 48.8 Å². The summed E-state index contributed by atoms with van der Waals surface area (Å²) in [7, 11) is 1.67. The minimum absolute atomic E-state index is 0.138. The van der Waals surface area contributed by atoms with Crippen molar-refractivity contribution in [3.05, 3.63) is 60.0 Å². The molecular formula is C27H30N4O3. The number of piperidine rings is 1. The Labute approximate surface area is 200 Å². The quantitative estimate of drug-likeness (QED) is 0.513. The van der Waals surface area contributed by atoms with Gasteiger partial charge in [0.2, 0.25) is 0 Å². The largest absolute Gasteiger partial charge is 0.497 e. The van der Waals surface area contributed by atoms with Crippen LogP contribution < -0.4 is 4.74 Å². The van der Waals surface area contributed by atoms with E-state index in [4.69, 9.17) is 4.74 Å². The maximum absolute atomic E-state index is 11.5. The molecule has 7 nitrogen and oxygen atoms in total. The second kappa shape index (κ2) is 11.6. The maximum Gasteiger partial charge on any atom is 0.303 e. The Hall–Kier alpha value is -3.50. The molecule has 3 aromatic rings. The van der Waals surface area contributed by atoms with Crippen LogP contribution in [0.1, 0.15) is 36.9 Å². The standard InChI is InChI=1S/C27H30N4O3/c1-34-24-9-10-26-25(18-24)21(11-14-28-26)6-2-5-20-12-16-31(19-22(20)17-27(32)33)15-4-8-23-7-3-13-29-30-23/h3,7,9-11,13-14,18,20,22H,2,5-6,12,15-17,19H2,1H3,(H,32,33)/t20-,22+/m1/s1. The molecule has 0 unspecified atom stereocenters. The first-order valence-corrected chi connectivity index (χ1v) is 11.7. The summed E-state index contributed by atoms with van der Waals surface area (Å²) in [5, 5.41) is 18.4. The van der Waals surface area contributed by atoms with Crippen LogP contribution in [0.4, 0.5) is 0 Å². The van der Waals surface area contributed by atoms with Crippen molar-refractivity contribution < 1.29 is 14.6 Å². The average molecular weight is 459 g/mol. The van der Waals surface area contributed by atoms with Gasteiger partial charge in [0.1, 0.15) is 11.4 Å². The lowest BCUT2D eigenvalue weighted by Gasteiger charge is -2.37. The fourth-order valence-electron chi connectivity index (χ4n) is 4.83. The van der Waals surface area contributed by atoms with E-state index in [-0.39, 0.29) is 12.3 Å². The summed E-state index contributed by atoms with van der Waals surface area (Å²) >= 11 is 0. The number of carboxylic acids is 1. The first-order valence-electron chi connectivity index (χ1n) is 11.7. The normalized spacial score (nSPS) is 18.3. The summed E-state index contributed by atoms with van der Waals surface area (Å²) in [4.78, 5) is 18.3. The van der Waals surface area contributed by atoms with Gasteiger partial charge in [-0.25, -0.2) is 0 Å². The van der Waals surface area contributed by atoms with Crippen LogP contribution in [0.5, 0.6) is 5.75 Å². The number of aromatic nitrogens is 3. The molecule has 0 saturated carbocycles. The van der Waals surface area contributed by atoms with Gasteiger partial charge >= 0.3 is 5.97 Å². The van der Waals surface area contributed by atoms with Crippen molar-refractivity contribution in [2.24, 2.45) is 11.8 Å². The van der Waals surface area contributed by atoms with Crippen molar-refractivity contribution in [3.63, 3.8) is 0 Å². The summed E-state index contributed by atoms with van der Waals surface area (Å²) in [6.07, 6.45) is 7.66. The van der Waals surface area contributed by atoms with Gasteiger partial charge in [0.15, 0.2) is 0 Å². The van der Waals surface area contributed by atoms with Crippen LogP contribution in [0.2, 0.25) is 0 Å². The van der Waals surface area contributed by atoms with Crippen LogP contribution in [-0.2, 0) is 11.2 Å². The highest BCUT2D eigenvalue weighted by Crippen LogP contribution is 2.31. The van der Waals surface area contributed by atoms with Crippen molar-refractivity contribution in [3.8, 4) is 17.6 Å². The third kappa shape index (κ3) is 6.30. The Morgan fingerprint density at radius 1 is 1.24 bits per heavy atom. The molecule has 1 fully saturated rings. The third-order valence-corrected chi connectivity index (χ3v) is 6.56. The Morgan fingerprint density at radius 2 is 2.15 bits per heavy atom. The number of methoxy groups -OCH3 is 1. The van der Waals surface area contributed by atoms with E-state index in [2.05, 4.69) is 38.0 Å². The third-order valence-electron chi connectivity index (χ3n) is 6.56. The molecular weight excluding hydrogens is 428 g/mol. The van der Waals surface area contributed by atoms with Crippen LogP contribution in [-0.4, -0.2) is 57.9 Å². The monoisotopic (exact) mass is 458 g/mol. The number of likely N-dealkylation sites (tertiary alicyclic amines) is 1. The average Bonchev–Trinajstić information content (AvgIpc) is 2.85. The summed E-state index contributed by atoms with van der Waals surface area (Å²) in [5.41, 5.74) is 2.88. The van der Waals surface area contributed by atoms with Crippen molar-refractivity contribution in [2.45, 2.75) is 32.1 Å². The molecule has 1 aromatic carbocycles. The number of carbonyl (C=O) groups is 1. The lowest BCUT2D eigenvalue weighted by atomic mass is 9.80. The molecule has 0 aliphatic carbocycles. The van der Waals surface area contributed by atoms with Crippen molar-refractivity contribution in [2.75, 3.05) is 26.7 Å². The molecule has 34 heavy (non-hydrogen) atoms. The lowest BCUT2D eigenvalue weighted by Crippen LogP contribution is -2.41. The molecule has 4 rings (SSSR count). The van der Waals surface area contributed by atoms with Crippen molar-refractivity contribution >= 4 is 16.9 Å². The van der Waals surface area contributed by atoms with Crippen molar-refractivity contribution in [1.29, 1.82) is 0 Å². The van der Waals surface area contributed by atoms with E-state index in [1.165, 1.54) is 5.56 Å². The fraction of sp³-hybridized carbons (Fsp3) is 0.407. The zero-order chi connectivity index (χ0) is 23.8. The van der Waals surface area contributed by atoms with Crippen LogP contribution in [0.3, 0.4) is 0 Å². The molecule has 1 aliphatic heterocycles. The maximum atomic E-state index is 11.5. The number of aliphatic carboxylic acids is 1. The second-order valence-corrected chi connectivity index (χ2v) is 8.80. The highest BCUT2D eigenvalue weighted by atomic mass is 16.5. The zero-order valence-corrected chi connectivity index (χ0v) is 19.5. The van der Waals surface area contributed by atoms with Gasteiger partial charge < -0.3 is 9.84 Å². The molecule has 7 heteroatoms. The smallest absolute Gasteiger partial charge is 0.303 e. The molecule has 0 amide bonds. The molecule has 0 spiro atoms. The minimum Gasteiger partial charge on any atom is -0.497 e. The number of rotatable bonds is 8. The molecule has 1 N–H and O–H groups in total. The van der Waals surface area contributed by atoms with Gasteiger partial charge in [0.05, 0.1) is 19.2 Å². The summed E-state index contributed by atoms with van der Waals surface area (Å²) in [5.74, 6) is 6.85. The Balaban J connectivity index is 1.35. The molecule has 0 bridgehead atoms. The SMILES string of the molecule is COc1ccc2nccc(CCC[C@@H]3CCN(CC#Cc4cccnn4)C[C@@H]3CC(=O)O)c2c1. The van der Waals surface area contributed by atoms with E-state index in [1.807, 2.05) is 36.5 Å². The highest BCUT2D eigenvalue weighted by Gasteiger charge is 2.30. The summed E-state index contributed by atoms with van der Waals surface area (Å²) < 4.78 is 5.39. The van der Waals surface area contributed by atoms with E-state index in [0.717, 1.165) is 55.4 Å². The van der Waals surface area contributed by atoms with Crippen LogP contribution >= 0.6 is 0 Å². The predicted molar refractivity (Wildman–Crippen MR) is 130 cm³/mol. The van der Waals surface area contributed by atoms with Gasteiger partial charge in [-0.05, 0) is 91.9 Å². The van der Waals surface area contributed by atoms with Gasteiger partial charge in [-0.1, -0.05) is 5.92 Å². The van der Waals surface area contributed by atoms with Gasteiger partial charge in [-0.15, -0.1) is 5.10 Å². The Morgan fingerprint density at radius 3 is 2.94 bits per heavy atom. The predicted octanol–water partition coefficient (Wildman–Crippen LogP) is 3.82. The Kier molecular flexibility index (Phi) is 8.05. The van der Waals surface area contributed by atoms with Gasteiger partial charge in [0.25, 0.3) is 0 Å². The number of fused-ring (bicyclic) bond motifs is 1. The number of benzene rings is 1. The molecule has 2 aromatic heterocycles. The van der Waals surface area contributed by atoms with E-state index < -0.39 is 5.97 Å². The summed E-state index contributed by atoms with van der Waals surface area (Å²) in [6.45, 7) is 2.32. The van der Waals surface area contributed by atoms with E-state index in [0.29, 0.717) is 18.2 Å². The van der Waals surface area contributed by atoms with Gasteiger partial charge in [-0.2, -0.15) is 5.10 Å². The van der Waals surface area contributed by atoms with Crippen LogP contribution in [0, 0.1) is 23.7 Å².